The molecule has 1 fully saturated rings. The molecule has 0 amide bonds. The molecular formula is C21H24N4O5. The number of nitro groups is 1. The van der Waals surface area contributed by atoms with Crippen molar-refractivity contribution in [3.05, 3.63) is 52.3 Å². The maximum absolute atomic E-state index is 12.5. The van der Waals surface area contributed by atoms with E-state index in [0.29, 0.717) is 17.3 Å². The van der Waals surface area contributed by atoms with Crippen LogP contribution in [0, 0.1) is 10.1 Å². The van der Waals surface area contributed by atoms with Crippen LogP contribution in [0.5, 0.6) is 5.75 Å². The van der Waals surface area contributed by atoms with Crippen molar-refractivity contribution < 1.29 is 18.9 Å². The van der Waals surface area contributed by atoms with Gasteiger partial charge < -0.3 is 14.1 Å². The number of furan rings is 1. The first-order valence-electron chi connectivity index (χ1n) is 10.0. The molecule has 1 aliphatic carbocycles. The van der Waals surface area contributed by atoms with E-state index < -0.39 is 11.1 Å². The van der Waals surface area contributed by atoms with Crippen molar-refractivity contribution >= 4 is 23.2 Å². The topological polar surface area (TPSA) is 101 Å². The molecule has 9 nitrogen and oxygen atoms in total. The highest BCUT2D eigenvalue weighted by molar-refractivity contribution is 6.38. The van der Waals surface area contributed by atoms with Crippen LogP contribution in [-0.4, -0.2) is 34.6 Å². The number of anilines is 1. The number of rotatable bonds is 6. The summed E-state index contributed by atoms with van der Waals surface area (Å²) in [6.07, 6.45) is 4.59. The SMILES string of the molecule is COc1ccc(N2N=C(C(C)=O)N(C3CCCCC3)[C@H]2c2ccc([N+](=O)[O-])o2)cc1. The zero-order valence-corrected chi connectivity index (χ0v) is 17.0. The average molecular weight is 412 g/mol. The number of methoxy groups -OCH3 is 1. The highest BCUT2D eigenvalue weighted by atomic mass is 16.6. The molecule has 1 aromatic heterocycles. The van der Waals surface area contributed by atoms with E-state index in [1.807, 2.05) is 29.2 Å². The van der Waals surface area contributed by atoms with Crippen molar-refractivity contribution in [1.29, 1.82) is 0 Å². The average Bonchev–Trinajstić information content (AvgIpc) is 3.39. The standard InChI is InChI=1S/C21H24N4O5/c1-14(26)20-22-24(16-8-10-17(29-2)11-9-16)21(18-12-13-19(30-18)25(27)28)23(20)15-6-4-3-5-7-15/h8-13,15,21H,3-7H2,1-2H3/t21-/m1/s1. The number of hydrogen-bond acceptors (Lipinski definition) is 8. The van der Waals surface area contributed by atoms with Gasteiger partial charge in [-0.1, -0.05) is 19.3 Å². The number of nitrogens with zero attached hydrogens (tertiary/aromatic N) is 4. The second kappa shape index (κ2) is 8.17. The number of benzene rings is 1. The van der Waals surface area contributed by atoms with Gasteiger partial charge in [0.15, 0.2) is 23.5 Å². The van der Waals surface area contributed by atoms with E-state index in [0.717, 1.165) is 37.8 Å². The first-order valence-corrected chi connectivity index (χ1v) is 10.0. The lowest BCUT2D eigenvalue weighted by Crippen LogP contribution is -2.45. The molecule has 158 valence electrons. The molecule has 2 aromatic rings. The first-order chi connectivity index (χ1) is 14.5. The van der Waals surface area contributed by atoms with Gasteiger partial charge in [0, 0.05) is 13.0 Å². The Labute approximate surface area is 174 Å². The van der Waals surface area contributed by atoms with Gasteiger partial charge in [-0.05, 0) is 43.2 Å². The zero-order chi connectivity index (χ0) is 21.3. The van der Waals surface area contributed by atoms with E-state index in [1.165, 1.54) is 13.0 Å². The smallest absolute Gasteiger partial charge is 0.433 e. The highest BCUT2D eigenvalue weighted by Crippen LogP contribution is 2.41. The molecular weight excluding hydrogens is 388 g/mol. The molecule has 9 heteroatoms. The van der Waals surface area contributed by atoms with Gasteiger partial charge in [-0.2, -0.15) is 0 Å². The molecule has 2 heterocycles. The van der Waals surface area contributed by atoms with Crippen LogP contribution in [-0.2, 0) is 4.79 Å². The molecule has 0 spiro atoms. The van der Waals surface area contributed by atoms with E-state index >= 15 is 0 Å². The lowest BCUT2D eigenvalue weighted by molar-refractivity contribution is -0.402. The van der Waals surface area contributed by atoms with Gasteiger partial charge >= 0.3 is 5.88 Å². The summed E-state index contributed by atoms with van der Waals surface area (Å²) in [6.45, 7) is 1.49. The Hall–Kier alpha value is -3.36. The van der Waals surface area contributed by atoms with Crippen LogP contribution in [0.3, 0.4) is 0 Å². The molecule has 30 heavy (non-hydrogen) atoms. The van der Waals surface area contributed by atoms with E-state index in [9.17, 15) is 14.9 Å². The fraction of sp³-hybridized carbons (Fsp3) is 0.429. The lowest BCUT2D eigenvalue weighted by atomic mass is 9.93. The Bertz CT molecular complexity index is 962. The number of carbonyl (C=O) groups is 1. The zero-order valence-electron chi connectivity index (χ0n) is 17.0. The molecule has 4 rings (SSSR count). The fourth-order valence-electron chi connectivity index (χ4n) is 4.20. The fourth-order valence-corrected chi connectivity index (χ4v) is 4.20. The minimum absolute atomic E-state index is 0.110. The van der Waals surface area contributed by atoms with E-state index in [4.69, 9.17) is 9.15 Å². The summed E-state index contributed by atoms with van der Waals surface area (Å²) in [7, 11) is 1.59. The molecule has 2 aliphatic rings. The Balaban J connectivity index is 1.80. The van der Waals surface area contributed by atoms with E-state index in [2.05, 4.69) is 5.10 Å². The monoisotopic (exact) mass is 412 g/mol. The van der Waals surface area contributed by atoms with Crippen molar-refractivity contribution in [1.82, 2.24) is 4.90 Å². The molecule has 0 saturated heterocycles. The predicted octanol–water partition coefficient (Wildman–Crippen LogP) is 4.25. The first kappa shape index (κ1) is 19.9. The lowest BCUT2D eigenvalue weighted by Gasteiger charge is -2.37. The molecule has 1 atom stereocenters. The van der Waals surface area contributed by atoms with Gasteiger partial charge in [0.25, 0.3) is 0 Å². The molecule has 0 unspecified atom stereocenters. The number of Topliss-reactive ketones (excluding diaryl/α,β-unsaturated/α-hetero) is 1. The van der Waals surface area contributed by atoms with Gasteiger partial charge in [0.1, 0.15) is 10.7 Å². The summed E-state index contributed by atoms with van der Waals surface area (Å²) in [5.41, 5.74) is 0.733. The quantitative estimate of drug-likeness (QED) is 0.516. The summed E-state index contributed by atoms with van der Waals surface area (Å²) in [4.78, 5) is 25.1. The Morgan fingerprint density at radius 2 is 1.87 bits per heavy atom. The van der Waals surface area contributed by atoms with Gasteiger partial charge in [-0.3, -0.25) is 14.9 Å². The minimum Gasteiger partial charge on any atom is -0.497 e. The largest absolute Gasteiger partial charge is 0.497 e. The van der Waals surface area contributed by atoms with Gasteiger partial charge in [-0.15, -0.1) is 5.10 Å². The third kappa shape index (κ3) is 3.62. The van der Waals surface area contributed by atoms with Gasteiger partial charge in [0.2, 0.25) is 0 Å². The van der Waals surface area contributed by atoms with Crippen molar-refractivity contribution in [2.45, 2.75) is 51.2 Å². The van der Waals surface area contributed by atoms with Gasteiger partial charge in [-0.25, -0.2) is 5.01 Å². The number of hydrogen-bond donors (Lipinski definition) is 0. The number of carbonyl (C=O) groups excluding carboxylic acids is 1. The molecule has 1 aromatic carbocycles. The van der Waals surface area contributed by atoms with Crippen molar-refractivity contribution in [2.24, 2.45) is 5.10 Å². The number of ether oxygens (including phenoxy) is 1. The number of amidine groups is 1. The normalized spacial score (nSPS) is 19.7. The molecule has 1 saturated carbocycles. The van der Waals surface area contributed by atoms with Crippen molar-refractivity contribution in [3.63, 3.8) is 0 Å². The summed E-state index contributed by atoms with van der Waals surface area (Å²) < 4.78 is 10.8. The van der Waals surface area contributed by atoms with Crippen LogP contribution in [0.4, 0.5) is 11.6 Å². The Morgan fingerprint density at radius 1 is 1.17 bits per heavy atom. The van der Waals surface area contributed by atoms with Crippen LogP contribution in [0.15, 0.2) is 45.9 Å². The van der Waals surface area contributed by atoms with Crippen LogP contribution in [0.1, 0.15) is 51.0 Å². The molecule has 1 aliphatic heterocycles. The summed E-state index contributed by atoms with van der Waals surface area (Å²) >= 11 is 0. The minimum atomic E-state index is -0.575. The predicted molar refractivity (Wildman–Crippen MR) is 110 cm³/mol. The molecule has 0 bridgehead atoms. The number of hydrazone groups is 1. The highest BCUT2D eigenvalue weighted by Gasteiger charge is 2.44. The maximum atomic E-state index is 12.5. The second-order valence-electron chi connectivity index (χ2n) is 7.53. The Kier molecular flexibility index (Phi) is 5.43. The number of ketones is 1. The van der Waals surface area contributed by atoms with Crippen LogP contribution in [0.25, 0.3) is 0 Å². The maximum Gasteiger partial charge on any atom is 0.433 e. The third-order valence-corrected chi connectivity index (χ3v) is 5.61. The summed E-state index contributed by atoms with van der Waals surface area (Å²) in [5, 5.41) is 17.5. The van der Waals surface area contributed by atoms with Crippen LogP contribution < -0.4 is 9.75 Å². The Morgan fingerprint density at radius 3 is 2.43 bits per heavy atom. The van der Waals surface area contributed by atoms with Gasteiger partial charge in [0.05, 0.1) is 18.9 Å². The van der Waals surface area contributed by atoms with Crippen molar-refractivity contribution in [3.8, 4) is 5.75 Å². The molecule has 0 N–H and O–H groups in total. The second-order valence-corrected chi connectivity index (χ2v) is 7.53. The summed E-state index contributed by atoms with van der Waals surface area (Å²) in [6, 6.07) is 10.3. The van der Waals surface area contributed by atoms with E-state index in [-0.39, 0.29) is 17.7 Å². The van der Waals surface area contributed by atoms with Crippen molar-refractivity contribution in [2.75, 3.05) is 12.1 Å². The van der Waals surface area contributed by atoms with E-state index in [1.54, 1.807) is 18.2 Å². The van der Waals surface area contributed by atoms with Crippen LogP contribution in [0.2, 0.25) is 0 Å². The summed E-state index contributed by atoms with van der Waals surface area (Å²) in [5.74, 6) is 0.940. The molecule has 0 radical (unpaired) electrons. The third-order valence-electron chi connectivity index (χ3n) is 5.61. The van der Waals surface area contributed by atoms with Crippen LogP contribution >= 0.6 is 0 Å².